The predicted molar refractivity (Wildman–Crippen MR) is 138 cm³/mol. The number of ether oxygens (including phenoxy) is 1. The van der Waals surface area contributed by atoms with Crippen molar-refractivity contribution in [1.29, 1.82) is 5.26 Å². The quantitative estimate of drug-likeness (QED) is 0.288. The van der Waals surface area contributed by atoms with E-state index in [1.54, 1.807) is 29.2 Å². The van der Waals surface area contributed by atoms with Gasteiger partial charge in [-0.3, -0.25) is 4.79 Å². The van der Waals surface area contributed by atoms with Gasteiger partial charge in [0, 0.05) is 24.6 Å². The van der Waals surface area contributed by atoms with Crippen molar-refractivity contribution >= 4 is 11.5 Å². The molecule has 2 heterocycles. The van der Waals surface area contributed by atoms with E-state index in [9.17, 15) is 35.5 Å². The molecule has 42 heavy (non-hydrogen) atoms. The van der Waals surface area contributed by atoms with Gasteiger partial charge < -0.3 is 9.64 Å². The Morgan fingerprint density at radius 1 is 0.929 bits per heavy atom. The zero-order chi connectivity index (χ0) is 30.4. The van der Waals surface area contributed by atoms with Crippen molar-refractivity contribution in [1.82, 2.24) is 4.90 Å². The van der Waals surface area contributed by atoms with Crippen LogP contribution in [-0.4, -0.2) is 29.5 Å². The Labute approximate surface area is 236 Å². The number of carbonyl (C=O) groups excluding carboxylic acids is 1. The minimum Gasteiger partial charge on any atom is -0.368 e. The molecule has 2 aliphatic heterocycles. The van der Waals surface area contributed by atoms with E-state index in [4.69, 9.17) is 10.00 Å². The highest BCUT2D eigenvalue weighted by atomic mass is 19.4. The maximum atomic E-state index is 13.8. The third-order valence-electron chi connectivity index (χ3n) is 7.70. The summed E-state index contributed by atoms with van der Waals surface area (Å²) in [6.45, 7) is 1.38. The SMILES string of the molecule is C[C@@H](O[C@H]1CN2C(=O)C=C(c3ccc(C#N)cc3)C[C@H]2C1c1ccc(F)cc1)c1cc(C(F)(F)F)cc(C(F)(F)F)c1. The van der Waals surface area contributed by atoms with Crippen LogP contribution < -0.4 is 0 Å². The number of halogens is 7. The number of fused-ring (bicyclic) bond motifs is 1. The summed E-state index contributed by atoms with van der Waals surface area (Å²) in [5, 5.41) is 9.10. The monoisotopic (exact) mass is 588 g/mol. The van der Waals surface area contributed by atoms with Crippen LogP contribution in [0.2, 0.25) is 0 Å². The van der Waals surface area contributed by atoms with Crippen LogP contribution in [0, 0.1) is 17.1 Å². The Hall–Kier alpha value is -4.17. The molecule has 0 bridgehead atoms. The van der Waals surface area contributed by atoms with Gasteiger partial charge in [0.25, 0.3) is 0 Å². The molecule has 2 aliphatic rings. The topological polar surface area (TPSA) is 53.3 Å². The van der Waals surface area contributed by atoms with Crippen molar-refractivity contribution < 1.29 is 40.3 Å². The van der Waals surface area contributed by atoms with E-state index in [-0.39, 0.29) is 24.1 Å². The molecule has 4 atom stereocenters. The van der Waals surface area contributed by atoms with Gasteiger partial charge in [0.2, 0.25) is 5.91 Å². The summed E-state index contributed by atoms with van der Waals surface area (Å²) in [4.78, 5) is 14.8. The van der Waals surface area contributed by atoms with Crippen LogP contribution in [0.15, 0.2) is 72.8 Å². The number of amides is 1. The molecule has 1 saturated heterocycles. The van der Waals surface area contributed by atoms with Gasteiger partial charge in [-0.15, -0.1) is 0 Å². The Morgan fingerprint density at radius 2 is 1.52 bits per heavy atom. The van der Waals surface area contributed by atoms with E-state index in [0.717, 1.165) is 5.56 Å². The van der Waals surface area contributed by atoms with Crippen LogP contribution in [0.4, 0.5) is 30.7 Å². The second kappa shape index (κ2) is 10.9. The molecule has 4 nitrogen and oxygen atoms in total. The first kappa shape index (κ1) is 29.3. The zero-order valence-electron chi connectivity index (χ0n) is 22.0. The fraction of sp³-hybridized carbons (Fsp3) is 0.290. The number of nitrogens with zero attached hydrogens (tertiary/aromatic N) is 2. The molecule has 0 aliphatic carbocycles. The summed E-state index contributed by atoms with van der Waals surface area (Å²) >= 11 is 0. The molecule has 1 fully saturated rings. The van der Waals surface area contributed by atoms with E-state index in [1.807, 2.05) is 6.07 Å². The third-order valence-corrected chi connectivity index (χ3v) is 7.70. The number of carbonyl (C=O) groups is 1. The van der Waals surface area contributed by atoms with Gasteiger partial charge >= 0.3 is 12.4 Å². The fourth-order valence-electron chi connectivity index (χ4n) is 5.66. The molecule has 0 saturated carbocycles. The molecule has 5 rings (SSSR count). The molecule has 3 aromatic rings. The molecule has 3 aromatic carbocycles. The summed E-state index contributed by atoms with van der Waals surface area (Å²) < 4.78 is 101. The number of hydrogen-bond donors (Lipinski definition) is 0. The average molecular weight is 589 g/mol. The van der Waals surface area contributed by atoms with Gasteiger partial charge in [0.1, 0.15) is 5.82 Å². The first-order chi connectivity index (χ1) is 19.7. The van der Waals surface area contributed by atoms with Gasteiger partial charge in [-0.2, -0.15) is 31.6 Å². The Balaban J connectivity index is 1.49. The van der Waals surface area contributed by atoms with Crippen molar-refractivity contribution in [3.05, 3.63) is 112 Å². The van der Waals surface area contributed by atoms with Crippen molar-refractivity contribution in [2.24, 2.45) is 0 Å². The second-order valence-corrected chi connectivity index (χ2v) is 10.4. The largest absolute Gasteiger partial charge is 0.416 e. The molecular formula is C31H23F7N2O2. The highest BCUT2D eigenvalue weighted by Crippen LogP contribution is 2.45. The van der Waals surface area contributed by atoms with Crippen LogP contribution in [0.3, 0.4) is 0 Å². The summed E-state index contributed by atoms with van der Waals surface area (Å²) in [6, 6.07) is 15.1. The smallest absolute Gasteiger partial charge is 0.368 e. The molecule has 0 N–H and O–H groups in total. The number of hydrogen-bond acceptors (Lipinski definition) is 3. The van der Waals surface area contributed by atoms with Crippen LogP contribution in [0.1, 0.15) is 58.7 Å². The molecule has 218 valence electrons. The Kier molecular flexibility index (Phi) is 7.62. The highest BCUT2D eigenvalue weighted by Gasteiger charge is 2.48. The molecule has 1 unspecified atom stereocenters. The summed E-state index contributed by atoms with van der Waals surface area (Å²) in [6.07, 6.45) is -10.2. The van der Waals surface area contributed by atoms with Crippen LogP contribution in [0.5, 0.6) is 0 Å². The summed E-state index contributed by atoms with van der Waals surface area (Å²) in [5.74, 6) is -1.40. The van der Waals surface area contributed by atoms with Crippen molar-refractivity contribution in [2.45, 2.75) is 49.9 Å². The normalized spacial score (nSPS) is 21.5. The minimum absolute atomic E-state index is 0.0259. The van der Waals surface area contributed by atoms with Crippen LogP contribution >= 0.6 is 0 Å². The molecule has 0 aromatic heterocycles. The number of benzene rings is 3. The lowest BCUT2D eigenvalue weighted by Gasteiger charge is -2.33. The molecule has 0 spiro atoms. The minimum atomic E-state index is -5.01. The molecule has 11 heteroatoms. The van der Waals surface area contributed by atoms with Gasteiger partial charge in [0.15, 0.2) is 0 Å². The second-order valence-electron chi connectivity index (χ2n) is 10.4. The lowest BCUT2D eigenvalue weighted by molar-refractivity contribution is -0.143. The van der Waals surface area contributed by atoms with Gasteiger partial charge in [-0.1, -0.05) is 24.3 Å². The van der Waals surface area contributed by atoms with Gasteiger partial charge in [-0.05, 0) is 78.1 Å². The fourth-order valence-corrected chi connectivity index (χ4v) is 5.66. The number of nitriles is 1. The van der Waals surface area contributed by atoms with Gasteiger partial charge in [-0.25, -0.2) is 4.39 Å². The number of rotatable bonds is 5. The van der Waals surface area contributed by atoms with Gasteiger partial charge in [0.05, 0.1) is 35.0 Å². The Morgan fingerprint density at radius 3 is 2.07 bits per heavy atom. The first-order valence-electron chi connectivity index (χ1n) is 13.0. The maximum Gasteiger partial charge on any atom is 0.416 e. The van der Waals surface area contributed by atoms with Crippen LogP contribution in [0.25, 0.3) is 5.57 Å². The van der Waals surface area contributed by atoms with E-state index in [2.05, 4.69) is 0 Å². The van der Waals surface area contributed by atoms with E-state index < -0.39 is 53.5 Å². The summed E-state index contributed by atoms with van der Waals surface area (Å²) in [5.41, 5.74) is -0.752. The molecular weight excluding hydrogens is 565 g/mol. The standard InChI is InChI=1S/C31H23F7N2O2/c1-17(21-10-23(30(33,34)35)14-24(11-21)31(36,37)38)42-27-16-40-26(29(27)20-6-8-25(32)9-7-20)12-22(13-28(40)41)19-4-2-18(15-39)3-5-19/h2-11,13-14,17,26-27,29H,12,16H2,1H3/t17-,26+,27+,29?/m1/s1. The lowest BCUT2D eigenvalue weighted by Crippen LogP contribution is -2.39. The maximum absolute atomic E-state index is 13.8. The van der Waals surface area contributed by atoms with E-state index >= 15 is 0 Å². The number of alkyl halides is 6. The lowest BCUT2D eigenvalue weighted by atomic mass is 9.83. The summed E-state index contributed by atoms with van der Waals surface area (Å²) in [7, 11) is 0. The predicted octanol–water partition coefficient (Wildman–Crippen LogP) is 7.66. The highest BCUT2D eigenvalue weighted by molar-refractivity contribution is 5.98. The van der Waals surface area contributed by atoms with Crippen LogP contribution in [-0.2, 0) is 21.9 Å². The van der Waals surface area contributed by atoms with Crippen molar-refractivity contribution in [2.75, 3.05) is 6.54 Å². The Bertz CT molecular complexity index is 1520. The van der Waals surface area contributed by atoms with Crippen molar-refractivity contribution in [3.63, 3.8) is 0 Å². The van der Waals surface area contributed by atoms with E-state index in [0.29, 0.717) is 35.3 Å². The first-order valence-corrected chi connectivity index (χ1v) is 13.0. The van der Waals surface area contributed by atoms with E-state index in [1.165, 1.54) is 37.3 Å². The molecule has 1 amide bonds. The zero-order valence-corrected chi connectivity index (χ0v) is 22.0. The average Bonchev–Trinajstić information content (AvgIpc) is 3.30. The third kappa shape index (κ3) is 5.90. The molecule has 0 radical (unpaired) electrons. The van der Waals surface area contributed by atoms with Crippen molar-refractivity contribution in [3.8, 4) is 6.07 Å².